The Morgan fingerprint density at radius 2 is 1.72 bits per heavy atom. The Hall–Kier alpha value is -6.51. The Balaban J connectivity index is 1.46. The smallest absolute Gasteiger partial charge is 0.328 e. The fourth-order valence-electron chi connectivity index (χ4n) is 7.55. The number of phenolic OH excluding ortho intramolecular Hbond substituents is 2. The third-order valence-corrected chi connectivity index (χ3v) is 10.6. The fraction of sp³-hybridized carbons (Fsp3) is 0.289. The number of aliphatic carboxylic acids is 1. The standard InChI is InChI=1S/C38H33N3O12/c1-5-13(2)21-11-18-25(35(53-21)28(39)37(49)41-12-19(38(50)51)40-36(48)14(41)3)32(46)23-16(29(18)43)9-10-17-24(23)33(47)26-27(34(17)52-4)31(45)22-15(30(26)44)7-6-8-20(22)42/h6-11,13-14,18-19,25,42,47H,5,12,39H2,1-4H3,(H,40,48)(H,50,51)/b35-28+. The molecule has 15 heteroatoms. The highest BCUT2D eigenvalue weighted by Crippen LogP contribution is 2.51. The average Bonchev–Trinajstić information content (AvgIpc) is 3.14. The minimum absolute atomic E-state index is 0.00266. The second kappa shape index (κ2) is 12.3. The van der Waals surface area contributed by atoms with Crippen molar-refractivity contribution in [3.63, 3.8) is 0 Å². The quantitative estimate of drug-likeness (QED) is 0.186. The number of carbonyl (C=O) groups is 7. The minimum atomic E-state index is -1.57. The van der Waals surface area contributed by atoms with Crippen molar-refractivity contribution in [2.45, 2.75) is 39.3 Å². The van der Waals surface area contributed by atoms with E-state index in [4.69, 9.17) is 15.2 Å². The number of carboxylic acid groups (broad SMARTS) is 1. The van der Waals surface area contributed by atoms with Crippen LogP contribution in [0.3, 0.4) is 0 Å². The zero-order valence-corrected chi connectivity index (χ0v) is 28.8. The van der Waals surface area contributed by atoms with Crippen LogP contribution in [0.5, 0.6) is 17.2 Å². The van der Waals surface area contributed by atoms with Gasteiger partial charge < -0.3 is 40.7 Å². The molecule has 3 aromatic carbocycles. The summed E-state index contributed by atoms with van der Waals surface area (Å²) in [5.41, 5.74) is 4.05. The number of carbonyl (C=O) groups excluding carboxylic acids is 6. The molecular formula is C38H33N3O12. The number of amides is 2. The van der Waals surface area contributed by atoms with Gasteiger partial charge in [-0.2, -0.15) is 0 Å². The van der Waals surface area contributed by atoms with Gasteiger partial charge in [-0.05, 0) is 37.6 Å². The van der Waals surface area contributed by atoms with Crippen LogP contribution in [0.4, 0.5) is 0 Å². The molecule has 6 N–H and O–H groups in total. The molecule has 15 nitrogen and oxygen atoms in total. The summed E-state index contributed by atoms with van der Waals surface area (Å²) in [6.45, 7) is 4.58. The molecule has 3 aromatic rings. The molecule has 0 spiro atoms. The highest BCUT2D eigenvalue weighted by molar-refractivity contribution is 6.35. The van der Waals surface area contributed by atoms with Gasteiger partial charge in [0.25, 0.3) is 5.91 Å². The van der Waals surface area contributed by atoms with Gasteiger partial charge in [0.1, 0.15) is 46.5 Å². The van der Waals surface area contributed by atoms with Crippen molar-refractivity contribution >= 4 is 51.7 Å². The van der Waals surface area contributed by atoms with Gasteiger partial charge in [-0.25, -0.2) is 4.79 Å². The second-order valence-corrected chi connectivity index (χ2v) is 13.4. The lowest BCUT2D eigenvalue weighted by molar-refractivity contribution is -0.150. The summed E-state index contributed by atoms with van der Waals surface area (Å²) in [4.78, 5) is 96.4. The van der Waals surface area contributed by atoms with Gasteiger partial charge in [0.05, 0.1) is 42.2 Å². The SMILES string of the molecule is CCC(C)C1=CC2C(=O)c3ccc4c(OC)c5c(c(O)c4c3C(=O)C2/C(=C(\N)C(=O)N2CC(C(=O)O)NC(=O)C2C)O1)C(=O)c1cccc(O)c1C5=O. The summed E-state index contributed by atoms with van der Waals surface area (Å²) in [7, 11) is 1.22. The molecule has 2 aliphatic carbocycles. The Morgan fingerprint density at radius 3 is 2.38 bits per heavy atom. The van der Waals surface area contributed by atoms with E-state index in [-0.39, 0.29) is 56.0 Å². The van der Waals surface area contributed by atoms with Crippen LogP contribution in [0, 0.1) is 17.8 Å². The Kier molecular flexibility index (Phi) is 8.12. The zero-order valence-electron chi connectivity index (χ0n) is 28.8. The number of rotatable bonds is 5. The van der Waals surface area contributed by atoms with E-state index in [2.05, 4.69) is 5.32 Å². The number of allylic oxidation sites excluding steroid dienone is 3. The molecule has 5 unspecified atom stereocenters. The fourth-order valence-corrected chi connectivity index (χ4v) is 7.55. The van der Waals surface area contributed by atoms with Crippen molar-refractivity contribution in [1.82, 2.24) is 10.2 Å². The maximum Gasteiger partial charge on any atom is 0.328 e. The van der Waals surface area contributed by atoms with Crippen LogP contribution < -0.4 is 15.8 Å². The maximum atomic E-state index is 14.9. The topological polar surface area (TPSA) is 240 Å². The Bertz CT molecular complexity index is 2340. The summed E-state index contributed by atoms with van der Waals surface area (Å²) >= 11 is 0. The molecule has 7 rings (SSSR count). The van der Waals surface area contributed by atoms with Gasteiger partial charge in [-0.1, -0.05) is 26.0 Å². The molecule has 2 amide bonds. The number of benzene rings is 3. The highest BCUT2D eigenvalue weighted by atomic mass is 16.5. The van der Waals surface area contributed by atoms with Crippen LogP contribution in [0.1, 0.15) is 79.8 Å². The predicted molar refractivity (Wildman–Crippen MR) is 183 cm³/mol. The molecule has 2 heterocycles. The zero-order chi connectivity index (χ0) is 38.4. The van der Waals surface area contributed by atoms with Crippen molar-refractivity contribution in [2.24, 2.45) is 23.5 Å². The molecule has 272 valence electrons. The summed E-state index contributed by atoms with van der Waals surface area (Å²) in [6, 6.07) is 4.01. The largest absolute Gasteiger partial charge is 0.507 e. The highest BCUT2D eigenvalue weighted by Gasteiger charge is 2.51. The molecule has 2 aliphatic heterocycles. The third-order valence-electron chi connectivity index (χ3n) is 10.6. The number of Topliss-reactive ketones (excluding diaryl/α,β-unsaturated/α-hetero) is 2. The summed E-state index contributed by atoms with van der Waals surface area (Å²) < 4.78 is 11.8. The molecule has 4 aliphatic rings. The predicted octanol–water partition coefficient (Wildman–Crippen LogP) is 2.58. The van der Waals surface area contributed by atoms with Gasteiger partial charge in [0.2, 0.25) is 11.7 Å². The van der Waals surface area contributed by atoms with E-state index < -0.39 is 99.9 Å². The number of ketones is 4. The molecule has 5 atom stereocenters. The molecular weight excluding hydrogens is 690 g/mol. The van der Waals surface area contributed by atoms with Crippen LogP contribution >= 0.6 is 0 Å². The number of hydrogen-bond acceptors (Lipinski definition) is 12. The van der Waals surface area contributed by atoms with E-state index in [1.165, 1.54) is 50.4 Å². The average molecular weight is 724 g/mol. The Morgan fingerprint density at radius 1 is 1.00 bits per heavy atom. The number of hydrogen-bond donors (Lipinski definition) is 5. The van der Waals surface area contributed by atoms with E-state index >= 15 is 0 Å². The lowest BCUT2D eigenvalue weighted by atomic mass is 9.69. The first-order valence-corrected chi connectivity index (χ1v) is 16.8. The van der Waals surface area contributed by atoms with Crippen LogP contribution in [-0.2, 0) is 19.1 Å². The maximum absolute atomic E-state index is 14.9. The van der Waals surface area contributed by atoms with Crippen molar-refractivity contribution < 1.29 is 58.4 Å². The summed E-state index contributed by atoms with van der Waals surface area (Å²) in [6.07, 6.45) is 2.02. The van der Waals surface area contributed by atoms with Crippen LogP contribution in [0.25, 0.3) is 10.8 Å². The normalized spacial score (nSPS) is 23.5. The molecule has 0 radical (unpaired) electrons. The van der Waals surface area contributed by atoms with E-state index in [1.807, 2.05) is 6.92 Å². The van der Waals surface area contributed by atoms with Gasteiger partial charge in [0, 0.05) is 33.4 Å². The molecule has 53 heavy (non-hydrogen) atoms. The lowest BCUT2D eigenvalue weighted by Crippen LogP contribution is -2.63. The number of nitrogens with one attached hydrogen (secondary N) is 1. The third kappa shape index (κ3) is 4.90. The van der Waals surface area contributed by atoms with E-state index in [9.17, 15) is 48.9 Å². The number of carboxylic acids is 1. The first kappa shape index (κ1) is 34.9. The van der Waals surface area contributed by atoms with Crippen molar-refractivity contribution in [3.8, 4) is 17.2 Å². The van der Waals surface area contributed by atoms with Gasteiger partial charge in [-0.3, -0.25) is 28.8 Å². The second-order valence-electron chi connectivity index (χ2n) is 13.4. The first-order chi connectivity index (χ1) is 25.1. The first-order valence-electron chi connectivity index (χ1n) is 16.8. The number of aromatic hydroxyl groups is 2. The van der Waals surface area contributed by atoms with Crippen molar-refractivity contribution in [3.05, 3.63) is 87.0 Å². The number of phenols is 2. The van der Waals surface area contributed by atoms with Gasteiger partial charge in [0.15, 0.2) is 17.3 Å². The molecule has 1 fully saturated rings. The minimum Gasteiger partial charge on any atom is -0.507 e. The number of piperazine rings is 1. The van der Waals surface area contributed by atoms with E-state index in [1.54, 1.807) is 6.92 Å². The number of methoxy groups -OCH3 is 1. The molecule has 0 saturated carbocycles. The number of nitrogens with two attached hydrogens (primary N) is 1. The number of nitrogens with zero attached hydrogens (tertiary/aromatic N) is 1. The Labute approximate surface area is 300 Å². The molecule has 0 bridgehead atoms. The lowest BCUT2D eigenvalue weighted by Gasteiger charge is -2.39. The molecule has 0 aromatic heterocycles. The monoisotopic (exact) mass is 723 g/mol. The van der Waals surface area contributed by atoms with Crippen LogP contribution in [0.15, 0.2) is 53.6 Å². The summed E-state index contributed by atoms with van der Waals surface area (Å²) in [5, 5.41) is 34.0. The van der Waals surface area contributed by atoms with Crippen molar-refractivity contribution in [2.75, 3.05) is 13.7 Å². The number of fused-ring (bicyclic) bond motifs is 6. The van der Waals surface area contributed by atoms with Crippen LogP contribution in [-0.4, -0.2) is 86.9 Å². The van der Waals surface area contributed by atoms with E-state index in [0.29, 0.717) is 6.42 Å². The van der Waals surface area contributed by atoms with Gasteiger partial charge >= 0.3 is 5.97 Å². The summed E-state index contributed by atoms with van der Waals surface area (Å²) in [5.74, 6) is -10.9. The number of ether oxygens (including phenoxy) is 2. The van der Waals surface area contributed by atoms with E-state index in [0.717, 1.165) is 4.90 Å². The van der Waals surface area contributed by atoms with Gasteiger partial charge in [-0.15, -0.1) is 0 Å². The van der Waals surface area contributed by atoms with Crippen LogP contribution in [0.2, 0.25) is 0 Å². The van der Waals surface area contributed by atoms with Crippen molar-refractivity contribution in [1.29, 1.82) is 0 Å². The molecule has 1 saturated heterocycles.